The number of nitrogens with zero attached hydrogens (tertiary/aromatic N) is 3. The van der Waals surface area contributed by atoms with Crippen LogP contribution in [-0.2, 0) is 40.4 Å². The Morgan fingerprint density at radius 2 is 1.35 bits per heavy atom. The van der Waals surface area contributed by atoms with E-state index in [0.717, 1.165) is 21.9 Å². The van der Waals surface area contributed by atoms with Crippen molar-refractivity contribution in [3.63, 3.8) is 0 Å². The quantitative estimate of drug-likeness (QED) is 0.134. The molecule has 248 valence electrons. The summed E-state index contributed by atoms with van der Waals surface area (Å²) < 4.78 is 10.9. The van der Waals surface area contributed by atoms with Crippen molar-refractivity contribution < 1.29 is 33.7 Å². The van der Waals surface area contributed by atoms with E-state index in [1.54, 1.807) is 17.0 Å². The zero-order valence-corrected chi connectivity index (χ0v) is 26.7. The number of nitrogens with one attached hydrogen (secondary N) is 1. The Kier molecular flexibility index (Phi) is 10.9. The minimum atomic E-state index is -0.635. The van der Waals surface area contributed by atoms with Crippen LogP contribution in [-0.4, -0.2) is 49.9 Å². The minimum Gasteiger partial charge on any atom is -0.445 e. The number of rotatable bonds is 11. The molecule has 0 unspecified atom stereocenters. The molecule has 0 spiro atoms. The summed E-state index contributed by atoms with van der Waals surface area (Å²) in [6.07, 6.45) is -0.0610. The number of ether oxygens (including phenoxy) is 2. The Morgan fingerprint density at radius 1 is 0.812 bits per heavy atom. The lowest BCUT2D eigenvalue weighted by Crippen LogP contribution is -2.37. The Hall–Kier alpha value is -5.50. The number of hydrogen-bond acceptors (Lipinski definition) is 10. The largest absolute Gasteiger partial charge is 0.445 e. The van der Waals surface area contributed by atoms with Crippen LogP contribution < -0.4 is 5.32 Å². The first-order valence-electron chi connectivity index (χ1n) is 15.0. The van der Waals surface area contributed by atoms with Crippen LogP contribution in [0.5, 0.6) is 0 Å². The lowest BCUT2D eigenvalue weighted by atomic mass is 9.94. The molecule has 2 amide bonds. The summed E-state index contributed by atoms with van der Waals surface area (Å²) in [5.41, 5.74) is 2.98. The SMILES string of the molecule is CC(=O)S[C@H]1C[C@@H](Cc2ccc(CNC(=O)OCc3ccc([N+](=O)[O-])cc3)c3ccccc23)N(C(=O)OCc2ccc([N+](=O)[O-])cc2)C1. The van der Waals surface area contributed by atoms with Gasteiger partial charge in [0.25, 0.3) is 11.4 Å². The summed E-state index contributed by atoms with van der Waals surface area (Å²) in [7, 11) is 0. The minimum absolute atomic E-state index is 0.0339. The third-order valence-electron chi connectivity index (χ3n) is 7.95. The van der Waals surface area contributed by atoms with Crippen molar-refractivity contribution in [2.24, 2.45) is 0 Å². The number of thioether (sulfide) groups is 1. The molecule has 4 aromatic carbocycles. The lowest BCUT2D eigenvalue weighted by molar-refractivity contribution is -0.385. The number of nitro benzene ring substituents is 2. The van der Waals surface area contributed by atoms with E-state index in [1.165, 1.54) is 55.1 Å². The third-order valence-corrected chi connectivity index (χ3v) is 8.96. The zero-order valence-electron chi connectivity index (χ0n) is 25.9. The van der Waals surface area contributed by atoms with Crippen molar-refractivity contribution in [1.29, 1.82) is 0 Å². The molecule has 0 aliphatic carbocycles. The number of alkyl carbamates (subject to hydrolysis) is 1. The van der Waals surface area contributed by atoms with E-state index in [0.29, 0.717) is 30.5 Å². The molecule has 1 heterocycles. The summed E-state index contributed by atoms with van der Waals surface area (Å²) in [5, 5.41) is 26.3. The van der Waals surface area contributed by atoms with E-state index < -0.39 is 22.0 Å². The van der Waals surface area contributed by atoms with Crippen LogP contribution in [0.15, 0.2) is 84.9 Å². The normalized spacial score (nSPS) is 15.6. The van der Waals surface area contributed by atoms with E-state index in [2.05, 4.69) is 5.32 Å². The summed E-state index contributed by atoms with van der Waals surface area (Å²) in [5.74, 6) is 0. The van der Waals surface area contributed by atoms with Gasteiger partial charge in [0.15, 0.2) is 5.12 Å². The van der Waals surface area contributed by atoms with Crippen molar-refractivity contribution in [3.05, 3.63) is 127 Å². The van der Waals surface area contributed by atoms with Crippen LogP contribution in [0.4, 0.5) is 21.0 Å². The van der Waals surface area contributed by atoms with Gasteiger partial charge in [0.05, 0.1) is 9.85 Å². The molecule has 0 saturated carbocycles. The smallest absolute Gasteiger partial charge is 0.410 e. The van der Waals surface area contributed by atoms with Crippen LogP contribution in [0.1, 0.15) is 35.6 Å². The number of carbonyl (C=O) groups excluding carboxylic acids is 3. The summed E-state index contributed by atoms with van der Waals surface area (Å²) in [6.45, 7) is 1.95. The zero-order chi connectivity index (χ0) is 34.2. The second-order valence-corrected chi connectivity index (χ2v) is 12.7. The lowest BCUT2D eigenvalue weighted by Gasteiger charge is -2.25. The molecule has 0 radical (unpaired) electrons. The van der Waals surface area contributed by atoms with Gasteiger partial charge in [0, 0.05) is 55.6 Å². The van der Waals surface area contributed by atoms with Gasteiger partial charge < -0.3 is 19.7 Å². The summed E-state index contributed by atoms with van der Waals surface area (Å²) >= 11 is 1.20. The Balaban J connectivity index is 1.24. The molecule has 13 nitrogen and oxygen atoms in total. The molecule has 1 fully saturated rings. The van der Waals surface area contributed by atoms with Crippen molar-refractivity contribution in [1.82, 2.24) is 10.2 Å². The van der Waals surface area contributed by atoms with Crippen LogP contribution in [0.3, 0.4) is 0 Å². The maximum Gasteiger partial charge on any atom is 0.410 e. The van der Waals surface area contributed by atoms with E-state index >= 15 is 0 Å². The van der Waals surface area contributed by atoms with Crippen LogP contribution in [0.25, 0.3) is 10.8 Å². The number of nitro groups is 2. The average Bonchev–Trinajstić information content (AvgIpc) is 3.47. The van der Waals surface area contributed by atoms with Gasteiger partial charge in [-0.2, -0.15) is 0 Å². The highest BCUT2D eigenvalue weighted by Crippen LogP contribution is 2.33. The Labute approximate surface area is 279 Å². The van der Waals surface area contributed by atoms with Gasteiger partial charge in [-0.3, -0.25) is 25.0 Å². The van der Waals surface area contributed by atoms with Crippen LogP contribution in [0, 0.1) is 20.2 Å². The Bertz CT molecular complexity index is 1830. The first-order valence-corrected chi connectivity index (χ1v) is 15.9. The molecular weight excluding hydrogens is 640 g/mol. The second kappa shape index (κ2) is 15.4. The molecule has 4 aromatic rings. The first kappa shape index (κ1) is 33.9. The molecule has 5 rings (SSSR count). The van der Waals surface area contributed by atoms with Gasteiger partial charge in [-0.1, -0.05) is 48.2 Å². The maximum atomic E-state index is 13.3. The monoisotopic (exact) mass is 672 g/mol. The standard InChI is InChI=1S/C34H32N4O9S/c1-22(39)48-30-17-29(36(19-30)34(41)47-21-24-8-14-28(15-9-24)38(44)45)16-25-10-11-26(32-5-3-2-4-31(25)32)18-35-33(40)46-20-23-6-12-27(13-7-23)37(42)43/h2-15,29-30H,16-21H2,1H3,(H,35,40)/t29-,30+/m1/s1. The molecule has 0 aromatic heterocycles. The number of likely N-dealkylation sites (tertiary alicyclic amines) is 1. The third kappa shape index (κ3) is 8.64. The topological polar surface area (TPSA) is 171 Å². The molecule has 1 aliphatic heterocycles. The van der Waals surface area contributed by atoms with Gasteiger partial charge in [-0.25, -0.2) is 9.59 Å². The van der Waals surface area contributed by atoms with Crippen molar-refractivity contribution in [3.8, 4) is 0 Å². The van der Waals surface area contributed by atoms with E-state index in [4.69, 9.17) is 9.47 Å². The first-order chi connectivity index (χ1) is 23.1. The molecule has 0 bridgehead atoms. The fraction of sp³-hybridized carbons (Fsp3) is 0.265. The summed E-state index contributed by atoms with van der Waals surface area (Å²) in [6, 6.07) is 23.0. The number of amides is 2. The van der Waals surface area contributed by atoms with Gasteiger partial charge >= 0.3 is 12.2 Å². The average molecular weight is 673 g/mol. The van der Waals surface area contributed by atoms with Crippen molar-refractivity contribution >= 4 is 51.2 Å². The van der Waals surface area contributed by atoms with Crippen LogP contribution >= 0.6 is 11.8 Å². The van der Waals surface area contributed by atoms with Crippen molar-refractivity contribution in [2.75, 3.05) is 6.54 Å². The molecule has 14 heteroatoms. The molecule has 1 aliphatic rings. The molecule has 2 atom stereocenters. The predicted octanol–water partition coefficient (Wildman–Crippen LogP) is 6.68. The van der Waals surface area contributed by atoms with E-state index in [-0.39, 0.29) is 47.5 Å². The molecule has 1 N–H and O–H groups in total. The fourth-order valence-corrected chi connectivity index (χ4v) is 6.67. The number of hydrogen-bond donors (Lipinski definition) is 1. The number of carbonyl (C=O) groups is 3. The van der Waals surface area contributed by atoms with Gasteiger partial charge in [-0.05, 0) is 70.1 Å². The predicted molar refractivity (Wildman–Crippen MR) is 178 cm³/mol. The van der Waals surface area contributed by atoms with E-state index in [1.807, 2.05) is 36.4 Å². The maximum absolute atomic E-state index is 13.3. The van der Waals surface area contributed by atoms with Gasteiger partial charge in [-0.15, -0.1) is 0 Å². The van der Waals surface area contributed by atoms with Gasteiger partial charge in [0.2, 0.25) is 0 Å². The van der Waals surface area contributed by atoms with Crippen molar-refractivity contribution in [2.45, 2.75) is 50.8 Å². The highest BCUT2D eigenvalue weighted by molar-refractivity contribution is 8.14. The molecule has 1 saturated heterocycles. The highest BCUT2D eigenvalue weighted by Gasteiger charge is 2.37. The van der Waals surface area contributed by atoms with Gasteiger partial charge in [0.1, 0.15) is 13.2 Å². The summed E-state index contributed by atoms with van der Waals surface area (Å²) in [4.78, 5) is 60.1. The number of benzene rings is 4. The van der Waals surface area contributed by atoms with Crippen LogP contribution in [0.2, 0.25) is 0 Å². The number of non-ortho nitro benzene ring substituents is 2. The number of fused-ring (bicyclic) bond motifs is 1. The molecular formula is C34H32N4O9S. The highest BCUT2D eigenvalue weighted by atomic mass is 32.2. The second-order valence-electron chi connectivity index (χ2n) is 11.2. The van der Waals surface area contributed by atoms with E-state index in [9.17, 15) is 34.6 Å². The molecule has 48 heavy (non-hydrogen) atoms. The Morgan fingerprint density at radius 3 is 1.92 bits per heavy atom. The fourth-order valence-electron chi connectivity index (χ4n) is 5.64.